The van der Waals surface area contributed by atoms with Crippen molar-refractivity contribution in [3.63, 3.8) is 0 Å². The summed E-state index contributed by atoms with van der Waals surface area (Å²) in [7, 11) is 4.31. The summed E-state index contributed by atoms with van der Waals surface area (Å²) in [5.74, 6) is -0.694. The van der Waals surface area contributed by atoms with Gasteiger partial charge in [-0.05, 0) is 18.2 Å². The van der Waals surface area contributed by atoms with Crippen LogP contribution in [-0.2, 0) is 9.53 Å². The Bertz CT molecular complexity index is 888. The zero-order valence-corrected chi connectivity index (χ0v) is 17.7. The smallest absolute Gasteiger partial charge is 0.325 e. The molecule has 0 aliphatic carbocycles. The van der Waals surface area contributed by atoms with Crippen LogP contribution in [0.1, 0.15) is 20.7 Å². The fourth-order valence-electron chi connectivity index (χ4n) is 2.43. The number of amides is 1. The minimum atomic E-state index is -0.744. The molecule has 154 valence electrons. The van der Waals surface area contributed by atoms with Gasteiger partial charge in [-0.15, -0.1) is 0 Å². The van der Waals surface area contributed by atoms with Crippen molar-refractivity contribution in [3.8, 4) is 17.2 Å². The minimum absolute atomic E-state index is 0.205. The molecule has 8 nitrogen and oxygen atoms in total. The maximum Gasteiger partial charge on any atom is 0.325 e. The topological polar surface area (TPSA) is 100 Å². The van der Waals surface area contributed by atoms with E-state index in [1.54, 1.807) is 24.3 Å². The molecular weight excluding hydrogens is 446 g/mol. The Hall–Kier alpha value is -3.07. The quantitative estimate of drug-likeness (QED) is 0.448. The molecule has 0 heterocycles. The molecular formula is C20H20BrNO7. The third kappa shape index (κ3) is 5.71. The molecule has 0 aliphatic heterocycles. The number of ether oxygens (including phenoxy) is 4. The maximum atomic E-state index is 12.3. The van der Waals surface area contributed by atoms with Gasteiger partial charge >= 0.3 is 5.97 Å². The lowest BCUT2D eigenvalue weighted by atomic mass is 10.1. The highest BCUT2D eigenvalue weighted by Gasteiger charge is 2.18. The van der Waals surface area contributed by atoms with E-state index in [-0.39, 0.29) is 11.3 Å². The van der Waals surface area contributed by atoms with Gasteiger partial charge in [-0.2, -0.15) is 0 Å². The van der Waals surface area contributed by atoms with Gasteiger partial charge in [0.25, 0.3) is 5.91 Å². The SMILES string of the molecule is COc1cc(C(=O)NCC(=O)OCC(=O)c2ccccc2Br)cc(OC)c1OC. The molecule has 0 aromatic heterocycles. The summed E-state index contributed by atoms with van der Waals surface area (Å²) < 4.78 is 21.1. The zero-order chi connectivity index (χ0) is 21.4. The van der Waals surface area contributed by atoms with E-state index in [1.807, 2.05) is 0 Å². The second-order valence-corrected chi connectivity index (χ2v) is 6.51. The van der Waals surface area contributed by atoms with Crippen molar-refractivity contribution in [1.29, 1.82) is 0 Å². The van der Waals surface area contributed by atoms with Crippen LogP contribution >= 0.6 is 15.9 Å². The maximum absolute atomic E-state index is 12.3. The first-order chi connectivity index (χ1) is 13.9. The van der Waals surface area contributed by atoms with Gasteiger partial charge in [0.2, 0.25) is 11.5 Å². The first-order valence-corrected chi connectivity index (χ1v) is 9.22. The average molecular weight is 466 g/mol. The molecule has 0 saturated heterocycles. The number of hydrogen-bond acceptors (Lipinski definition) is 7. The number of hydrogen-bond donors (Lipinski definition) is 1. The van der Waals surface area contributed by atoms with E-state index in [0.29, 0.717) is 27.3 Å². The molecule has 0 aliphatic rings. The summed E-state index contributed by atoms with van der Waals surface area (Å²) in [4.78, 5) is 36.3. The molecule has 0 atom stereocenters. The minimum Gasteiger partial charge on any atom is -0.493 e. The lowest BCUT2D eigenvalue weighted by Crippen LogP contribution is -2.31. The fourth-order valence-corrected chi connectivity index (χ4v) is 2.93. The zero-order valence-electron chi connectivity index (χ0n) is 16.1. The van der Waals surface area contributed by atoms with Crippen molar-refractivity contribution in [1.82, 2.24) is 5.32 Å². The van der Waals surface area contributed by atoms with Crippen LogP contribution in [0.15, 0.2) is 40.9 Å². The lowest BCUT2D eigenvalue weighted by Gasteiger charge is -2.14. The molecule has 0 radical (unpaired) electrons. The molecule has 9 heteroatoms. The van der Waals surface area contributed by atoms with Crippen LogP contribution in [0.5, 0.6) is 17.2 Å². The Labute approximate surface area is 176 Å². The van der Waals surface area contributed by atoms with Crippen molar-refractivity contribution in [2.45, 2.75) is 0 Å². The van der Waals surface area contributed by atoms with Crippen LogP contribution in [0.4, 0.5) is 0 Å². The highest BCUT2D eigenvalue weighted by atomic mass is 79.9. The van der Waals surface area contributed by atoms with Gasteiger partial charge in [0.15, 0.2) is 18.1 Å². The number of ketones is 1. The number of nitrogens with one attached hydrogen (secondary N) is 1. The number of Topliss-reactive ketones (excluding diaryl/α,β-unsaturated/α-hetero) is 1. The molecule has 2 rings (SSSR count). The molecule has 1 amide bonds. The average Bonchev–Trinajstić information content (AvgIpc) is 2.74. The standard InChI is InChI=1S/C20H20BrNO7/c1-26-16-8-12(9-17(27-2)19(16)28-3)20(25)22-10-18(24)29-11-15(23)13-6-4-5-7-14(13)21/h4-9H,10-11H2,1-3H3,(H,22,25). The Kier molecular flexibility index (Phi) is 8.02. The van der Waals surface area contributed by atoms with Crippen LogP contribution in [0.25, 0.3) is 0 Å². The van der Waals surface area contributed by atoms with Crippen molar-refractivity contribution in [3.05, 3.63) is 52.0 Å². The van der Waals surface area contributed by atoms with Crippen LogP contribution in [0, 0.1) is 0 Å². The van der Waals surface area contributed by atoms with Gasteiger partial charge in [0, 0.05) is 15.6 Å². The first kappa shape index (κ1) is 22.2. The highest BCUT2D eigenvalue weighted by Crippen LogP contribution is 2.38. The van der Waals surface area contributed by atoms with Gasteiger partial charge < -0.3 is 24.3 Å². The molecule has 0 spiro atoms. The number of halogens is 1. The predicted octanol–water partition coefficient (Wildman–Crippen LogP) is 2.63. The third-order valence-corrected chi connectivity index (χ3v) is 4.55. The summed E-state index contributed by atoms with van der Waals surface area (Å²) in [6.45, 7) is -0.833. The summed E-state index contributed by atoms with van der Waals surface area (Å²) in [5.41, 5.74) is 0.610. The first-order valence-electron chi connectivity index (χ1n) is 8.42. The molecule has 2 aromatic carbocycles. The van der Waals surface area contributed by atoms with Crippen molar-refractivity contribution in [2.75, 3.05) is 34.5 Å². The van der Waals surface area contributed by atoms with E-state index in [0.717, 1.165) is 0 Å². The van der Waals surface area contributed by atoms with Crippen LogP contribution in [0.3, 0.4) is 0 Å². The predicted molar refractivity (Wildman–Crippen MR) is 108 cm³/mol. The van der Waals surface area contributed by atoms with Gasteiger partial charge in [0.1, 0.15) is 6.54 Å². The molecule has 0 fully saturated rings. The van der Waals surface area contributed by atoms with Crippen LogP contribution in [0.2, 0.25) is 0 Å². The van der Waals surface area contributed by atoms with E-state index in [2.05, 4.69) is 21.2 Å². The van der Waals surface area contributed by atoms with Crippen molar-refractivity contribution in [2.24, 2.45) is 0 Å². The van der Waals surface area contributed by atoms with Gasteiger partial charge in [-0.25, -0.2) is 0 Å². The van der Waals surface area contributed by atoms with Crippen LogP contribution < -0.4 is 19.5 Å². The Morgan fingerprint density at radius 3 is 2.14 bits per heavy atom. The normalized spacial score (nSPS) is 10.1. The summed E-state index contributed by atoms with van der Waals surface area (Å²) >= 11 is 3.27. The number of benzene rings is 2. The largest absolute Gasteiger partial charge is 0.493 e. The number of esters is 1. The van der Waals surface area contributed by atoms with Crippen molar-refractivity contribution < 1.29 is 33.3 Å². The number of methoxy groups -OCH3 is 3. The van der Waals surface area contributed by atoms with E-state index in [4.69, 9.17) is 18.9 Å². The van der Waals surface area contributed by atoms with E-state index < -0.39 is 25.0 Å². The number of rotatable bonds is 9. The number of carbonyl (C=O) groups is 3. The molecule has 0 unspecified atom stereocenters. The van der Waals surface area contributed by atoms with Gasteiger partial charge in [-0.3, -0.25) is 14.4 Å². The molecule has 0 bridgehead atoms. The Morgan fingerprint density at radius 2 is 1.59 bits per heavy atom. The number of carbonyl (C=O) groups excluding carboxylic acids is 3. The summed E-state index contributed by atoms with van der Waals surface area (Å²) in [5, 5.41) is 2.43. The Morgan fingerprint density at radius 1 is 0.966 bits per heavy atom. The lowest BCUT2D eigenvalue weighted by molar-refractivity contribution is -0.141. The highest BCUT2D eigenvalue weighted by molar-refractivity contribution is 9.10. The molecule has 1 N–H and O–H groups in total. The monoisotopic (exact) mass is 465 g/mol. The van der Waals surface area contributed by atoms with E-state index >= 15 is 0 Å². The van der Waals surface area contributed by atoms with Gasteiger partial charge in [-0.1, -0.05) is 34.1 Å². The summed E-state index contributed by atoms with van der Waals surface area (Å²) in [6.07, 6.45) is 0. The third-order valence-electron chi connectivity index (χ3n) is 3.86. The molecule has 29 heavy (non-hydrogen) atoms. The van der Waals surface area contributed by atoms with Gasteiger partial charge in [0.05, 0.1) is 21.3 Å². The molecule has 2 aromatic rings. The fraction of sp³-hybridized carbons (Fsp3) is 0.250. The van der Waals surface area contributed by atoms with Crippen molar-refractivity contribution >= 4 is 33.6 Å². The van der Waals surface area contributed by atoms with E-state index in [1.165, 1.54) is 33.5 Å². The second kappa shape index (κ2) is 10.5. The Balaban J connectivity index is 1.94. The second-order valence-electron chi connectivity index (χ2n) is 5.66. The van der Waals surface area contributed by atoms with Crippen LogP contribution in [-0.4, -0.2) is 52.1 Å². The molecule has 0 saturated carbocycles. The summed E-state index contributed by atoms with van der Waals surface area (Å²) in [6, 6.07) is 9.72. The van der Waals surface area contributed by atoms with E-state index in [9.17, 15) is 14.4 Å².